The van der Waals surface area contributed by atoms with E-state index in [4.69, 9.17) is 0 Å². The number of aryl methyl sites for hydroxylation is 1. The number of rotatable bonds is 3. The number of nitrogens with one attached hydrogen (secondary N) is 1. The summed E-state index contributed by atoms with van der Waals surface area (Å²) in [5, 5.41) is 3.16. The van der Waals surface area contributed by atoms with Gasteiger partial charge in [0.2, 0.25) is 0 Å². The molecule has 1 aromatic carbocycles. The molecular formula is C18H25NO. The van der Waals surface area contributed by atoms with Crippen LogP contribution in [-0.2, 0) is 0 Å². The SMILES string of the molecule is Cc1ccccc1C(=O)NC[C@@H]1CC[C@H]2C[C@@H]1C2(C)C. The molecule has 2 heteroatoms. The van der Waals surface area contributed by atoms with Gasteiger partial charge in [0.1, 0.15) is 0 Å². The van der Waals surface area contributed by atoms with E-state index in [0.717, 1.165) is 29.5 Å². The molecule has 0 radical (unpaired) electrons. The van der Waals surface area contributed by atoms with Crippen LogP contribution in [0.25, 0.3) is 0 Å². The van der Waals surface area contributed by atoms with Crippen LogP contribution >= 0.6 is 0 Å². The van der Waals surface area contributed by atoms with Gasteiger partial charge in [-0.2, -0.15) is 0 Å². The Morgan fingerprint density at radius 3 is 2.70 bits per heavy atom. The average molecular weight is 271 g/mol. The second-order valence-corrected chi connectivity index (χ2v) is 7.22. The van der Waals surface area contributed by atoms with E-state index in [2.05, 4.69) is 19.2 Å². The maximum atomic E-state index is 12.3. The lowest BCUT2D eigenvalue weighted by atomic mass is 9.45. The minimum absolute atomic E-state index is 0.0855. The van der Waals surface area contributed by atoms with Gasteiger partial charge in [-0.1, -0.05) is 32.0 Å². The number of amides is 1. The molecule has 2 bridgehead atoms. The van der Waals surface area contributed by atoms with Gasteiger partial charge in [0.15, 0.2) is 0 Å². The zero-order valence-electron chi connectivity index (χ0n) is 12.8. The number of fused-ring (bicyclic) bond motifs is 2. The summed E-state index contributed by atoms with van der Waals surface area (Å²) in [7, 11) is 0. The monoisotopic (exact) mass is 271 g/mol. The van der Waals surface area contributed by atoms with Crippen molar-refractivity contribution in [3.8, 4) is 0 Å². The maximum absolute atomic E-state index is 12.3. The second kappa shape index (κ2) is 4.91. The molecule has 0 aliphatic heterocycles. The lowest BCUT2D eigenvalue weighted by Gasteiger charge is -2.60. The summed E-state index contributed by atoms with van der Waals surface area (Å²) in [6.07, 6.45) is 4.00. The first-order chi connectivity index (χ1) is 9.50. The van der Waals surface area contributed by atoms with Gasteiger partial charge in [0.05, 0.1) is 0 Å². The largest absolute Gasteiger partial charge is 0.352 e. The van der Waals surface area contributed by atoms with E-state index in [1.165, 1.54) is 19.3 Å². The number of hydrogen-bond donors (Lipinski definition) is 1. The number of hydrogen-bond acceptors (Lipinski definition) is 1. The third-order valence-corrected chi connectivity index (χ3v) is 5.92. The van der Waals surface area contributed by atoms with E-state index in [0.29, 0.717) is 11.3 Å². The van der Waals surface area contributed by atoms with Gasteiger partial charge in [-0.05, 0) is 61.0 Å². The molecule has 2 nitrogen and oxygen atoms in total. The highest BCUT2D eigenvalue weighted by Crippen LogP contribution is 2.61. The van der Waals surface area contributed by atoms with Crippen LogP contribution in [0.2, 0.25) is 0 Å². The van der Waals surface area contributed by atoms with Crippen LogP contribution < -0.4 is 5.32 Å². The van der Waals surface area contributed by atoms with Gasteiger partial charge in [-0.25, -0.2) is 0 Å². The smallest absolute Gasteiger partial charge is 0.251 e. The molecule has 0 saturated heterocycles. The molecule has 3 saturated carbocycles. The molecule has 3 aliphatic carbocycles. The Balaban J connectivity index is 1.60. The van der Waals surface area contributed by atoms with Crippen LogP contribution in [0.4, 0.5) is 0 Å². The minimum Gasteiger partial charge on any atom is -0.352 e. The zero-order valence-corrected chi connectivity index (χ0v) is 12.8. The molecule has 0 aromatic heterocycles. The lowest BCUT2D eigenvalue weighted by molar-refractivity contribution is -0.103. The van der Waals surface area contributed by atoms with Crippen LogP contribution in [0.15, 0.2) is 24.3 Å². The quantitative estimate of drug-likeness (QED) is 0.890. The van der Waals surface area contributed by atoms with Gasteiger partial charge in [-0.3, -0.25) is 4.79 Å². The fraction of sp³-hybridized carbons (Fsp3) is 0.611. The van der Waals surface area contributed by atoms with Crippen molar-refractivity contribution in [3.63, 3.8) is 0 Å². The number of benzene rings is 1. The van der Waals surface area contributed by atoms with Crippen molar-refractivity contribution in [2.75, 3.05) is 6.54 Å². The van der Waals surface area contributed by atoms with Crippen molar-refractivity contribution < 1.29 is 4.79 Å². The van der Waals surface area contributed by atoms with Crippen LogP contribution in [0, 0.1) is 30.1 Å². The summed E-state index contributed by atoms with van der Waals surface area (Å²) in [4.78, 5) is 12.3. The van der Waals surface area contributed by atoms with Crippen LogP contribution in [-0.4, -0.2) is 12.5 Å². The molecule has 108 valence electrons. The van der Waals surface area contributed by atoms with Crippen molar-refractivity contribution in [2.45, 2.75) is 40.0 Å². The summed E-state index contributed by atoms with van der Waals surface area (Å²) < 4.78 is 0. The predicted octanol–water partition coefficient (Wildman–Crippen LogP) is 3.80. The van der Waals surface area contributed by atoms with E-state index in [1.807, 2.05) is 31.2 Å². The molecule has 4 rings (SSSR count). The van der Waals surface area contributed by atoms with Crippen LogP contribution in [0.1, 0.15) is 49.0 Å². The van der Waals surface area contributed by atoms with Crippen molar-refractivity contribution in [1.29, 1.82) is 0 Å². The standard InChI is InChI=1S/C18H25NO/c1-12-6-4-5-7-15(12)17(20)19-11-13-8-9-14-10-16(13)18(14,2)3/h4-7,13-14,16H,8-11H2,1-3H3,(H,19,20)/t13-,14-,16-/m0/s1. The van der Waals surface area contributed by atoms with Gasteiger partial charge >= 0.3 is 0 Å². The predicted molar refractivity (Wildman–Crippen MR) is 81.6 cm³/mol. The molecule has 0 heterocycles. The van der Waals surface area contributed by atoms with E-state index in [1.54, 1.807) is 0 Å². The molecular weight excluding hydrogens is 246 g/mol. The van der Waals surface area contributed by atoms with Crippen LogP contribution in [0.3, 0.4) is 0 Å². The molecule has 3 atom stereocenters. The van der Waals surface area contributed by atoms with E-state index >= 15 is 0 Å². The summed E-state index contributed by atoms with van der Waals surface area (Å²) in [5.74, 6) is 2.49. The Morgan fingerprint density at radius 1 is 1.30 bits per heavy atom. The average Bonchev–Trinajstić information content (AvgIpc) is 2.45. The Hall–Kier alpha value is -1.31. The van der Waals surface area contributed by atoms with Crippen molar-refractivity contribution in [2.24, 2.45) is 23.2 Å². The Morgan fingerprint density at radius 2 is 2.05 bits per heavy atom. The lowest BCUT2D eigenvalue weighted by Crippen LogP contribution is -2.54. The highest BCUT2D eigenvalue weighted by Gasteiger charge is 2.53. The first kappa shape index (κ1) is 13.7. The molecule has 20 heavy (non-hydrogen) atoms. The summed E-state index contributed by atoms with van der Waals surface area (Å²) >= 11 is 0. The number of carbonyl (C=O) groups excluding carboxylic acids is 1. The van der Waals surface area contributed by atoms with Gasteiger partial charge in [0.25, 0.3) is 5.91 Å². The third-order valence-electron chi connectivity index (χ3n) is 5.92. The highest BCUT2D eigenvalue weighted by molar-refractivity contribution is 5.95. The van der Waals surface area contributed by atoms with E-state index < -0.39 is 0 Å². The van der Waals surface area contributed by atoms with Crippen molar-refractivity contribution >= 4 is 5.91 Å². The summed E-state index contributed by atoms with van der Waals surface area (Å²) in [5.41, 5.74) is 2.36. The van der Waals surface area contributed by atoms with E-state index in [-0.39, 0.29) is 5.91 Å². The molecule has 1 N–H and O–H groups in total. The van der Waals surface area contributed by atoms with Gasteiger partial charge in [-0.15, -0.1) is 0 Å². The molecule has 0 spiro atoms. The topological polar surface area (TPSA) is 29.1 Å². The third kappa shape index (κ3) is 2.15. The van der Waals surface area contributed by atoms with Gasteiger partial charge < -0.3 is 5.32 Å². The van der Waals surface area contributed by atoms with E-state index in [9.17, 15) is 4.79 Å². The molecule has 3 aliphatic rings. The Bertz CT molecular complexity index is 518. The Kier molecular flexibility index (Phi) is 3.35. The summed E-state index contributed by atoms with van der Waals surface area (Å²) in [6, 6.07) is 7.82. The second-order valence-electron chi connectivity index (χ2n) is 7.22. The number of carbonyl (C=O) groups is 1. The fourth-order valence-electron chi connectivity index (χ4n) is 4.35. The highest BCUT2D eigenvalue weighted by atomic mass is 16.1. The molecule has 1 aromatic rings. The zero-order chi connectivity index (χ0) is 14.3. The van der Waals surface area contributed by atoms with Crippen LogP contribution in [0.5, 0.6) is 0 Å². The first-order valence-electron chi connectivity index (χ1n) is 7.84. The fourth-order valence-corrected chi connectivity index (χ4v) is 4.35. The van der Waals surface area contributed by atoms with Crippen molar-refractivity contribution in [3.05, 3.63) is 35.4 Å². The summed E-state index contributed by atoms with van der Waals surface area (Å²) in [6.45, 7) is 7.64. The molecule has 3 fully saturated rings. The normalized spacial score (nSPS) is 30.4. The van der Waals surface area contributed by atoms with Crippen molar-refractivity contribution in [1.82, 2.24) is 5.32 Å². The minimum atomic E-state index is 0.0855. The molecule has 1 amide bonds. The first-order valence-corrected chi connectivity index (χ1v) is 7.84. The molecule has 0 unspecified atom stereocenters. The van der Waals surface area contributed by atoms with Gasteiger partial charge in [0, 0.05) is 12.1 Å². The Labute approximate surface area is 122 Å². The maximum Gasteiger partial charge on any atom is 0.251 e.